The van der Waals surface area contributed by atoms with E-state index in [1.165, 1.54) is 24.9 Å². The van der Waals surface area contributed by atoms with Crippen LogP contribution in [0.15, 0.2) is 29.3 Å². The van der Waals surface area contributed by atoms with Gasteiger partial charge in [-0.25, -0.2) is 0 Å². The van der Waals surface area contributed by atoms with Crippen LogP contribution < -0.4 is 10.4 Å². The second kappa shape index (κ2) is 5.68. The van der Waals surface area contributed by atoms with Gasteiger partial charge in [0, 0.05) is 31.4 Å². The third kappa shape index (κ3) is 2.77. The molecule has 0 saturated carbocycles. The summed E-state index contributed by atoms with van der Waals surface area (Å²) in [5, 5.41) is 8.91. The molecule has 0 atom stereocenters. The van der Waals surface area contributed by atoms with Crippen LogP contribution in [0.1, 0.15) is 24.8 Å². The summed E-state index contributed by atoms with van der Waals surface area (Å²) in [7, 11) is 1.65. The third-order valence-corrected chi connectivity index (χ3v) is 3.19. The zero-order valence-corrected chi connectivity index (χ0v) is 10.2. The van der Waals surface area contributed by atoms with Crippen molar-refractivity contribution in [2.45, 2.75) is 19.3 Å². The first kappa shape index (κ1) is 11.9. The molecular weight excluding hydrogens is 214 g/mol. The zero-order valence-electron chi connectivity index (χ0n) is 10.2. The normalized spacial score (nSPS) is 17.1. The number of piperidine rings is 1. The van der Waals surface area contributed by atoms with Crippen LogP contribution in [0.2, 0.25) is 0 Å². The predicted octanol–water partition coefficient (Wildman–Crippen LogP) is 2.03. The van der Waals surface area contributed by atoms with Gasteiger partial charge in [-0.2, -0.15) is 0 Å². The Morgan fingerprint density at radius 2 is 1.82 bits per heavy atom. The van der Waals surface area contributed by atoms with Crippen molar-refractivity contribution < 1.29 is 5.21 Å². The molecule has 1 aromatic rings. The zero-order chi connectivity index (χ0) is 12.1. The number of hydrogen-bond donors (Lipinski definition) is 2. The van der Waals surface area contributed by atoms with Crippen LogP contribution >= 0.6 is 0 Å². The van der Waals surface area contributed by atoms with E-state index in [2.05, 4.69) is 27.5 Å². The first-order chi connectivity index (χ1) is 8.35. The highest BCUT2D eigenvalue weighted by atomic mass is 16.5. The Kier molecular flexibility index (Phi) is 3.98. The second-order valence-corrected chi connectivity index (χ2v) is 4.28. The number of hydrogen-bond acceptors (Lipinski definition) is 3. The van der Waals surface area contributed by atoms with Crippen LogP contribution in [0.5, 0.6) is 0 Å². The third-order valence-electron chi connectivity index (χ3n) is 3.19. The number of aliphatic imine (C=N–C) groups is 1. The van der Waals surface area contributed by atoms with E-state index in [-0.39, 0.29) is 0 Å². The van der Waals surface area contributed by atoms with Crippen LogP contribution in [0.3, 0.4) is 0 Å². The Morgan fingerprint density at radius 3 is 2.35 bits per heavy atom. The Morgan fingerprint density at radius 1 is 1.18 bits per heavy atom. The van der Waals surface area contributed by atoms with Crippen molar-refractivity contribution >= 4 is 11.5 Å². The van der Waals surface area contributed by atoms with E-state index in [4.69, 9.17) is 5.21 Å². The van der Waals surface area contributed by atoms with Crippen LogP contribution in [0.25, 0.3) is 0 Å². The maximum absolute atomic E-state index is 8.91. The number of rotatable bonds is 2. The quantitative estimate of drug-likeness (QED) is 0.467. The molecule has 2 rings (SSSR count). The molecule has 0 aromatic heterocycles. The highest BCUT2D eigenvalue weighted by Crippen LogP contribution is 2.20. The second-order valence-electron chi connectivity index (χ2n) is 4.28. The van der Waals surface area contributed by atoms with E-state index < -0.39 is 0 Å². The lowest BCUT2D eigenvalue weighted by Gasteiger charge is -2.28. The van der Waals surface area contributed by atoms with Gasteiger partial charge in [0.25, 0.3) is 0 Å². The summed E-state index contributed by atoms with van der Waals surface area (Å²) in [6, 6.07) is 8.14. The van der Waals surface area contributed by atoms with E-state index in [1.54, 1.807) is 7.05 Å². The fourth-order valence-electron chi connectivity index (χ4n) is 2.23. The van der Waals surface area contributed by atoms with Gasteiger partial charge < -0.3 is 4.90 Å². The van der Waals surface area contributed by atoms with Crippen LogP contribution in [0.4, 0.5) is 5.69 Å². The van der Waals surface area contributed by atoms with Gasteiger partial charge in [-0.15, -0.1) is 0 Å². The Balaban J connectivity index is 2.12. The Labute approximate surface area is 102 Å². The number of nitrogens with one attached hydrogen (secondary N) is 1. The largest absolute Gasteiger partial charge is 0.372 e. The first-order valence-electron chi connectivity index (χ1n) is 6.07. The Hall–Kier alpha value is -1.55. The van der Waals surface area contributed by atoms with Gasteiger partial charge in [0.05, 0.1) is 0 Å². The molecule has 2 N–H and O–H groups in total. The summed E-state index contributed by atoms with van der Waals surface area (Å²) in [6.07, 6.45) is 3.90. The molecule has 1 heterocycles. The summed E-state index contributed by atoms with van der Waals surface area (Å²) in [5.41, 5.74) is 4.25. The monoisotopic (exact) mass is 233 g/mol. The smallest absolute Gasteiger partial charge is 0.151 e. The average molecular weight is 233 g/mol. The van der Waals surface area contributed by atoms with Crippen LogP contribution in [-0.2, 0) is 0 Å². The predicted molar refractivity (Wildman–Crippen MR) is 69.9 cm³/mol. The summed E-state index contributed by atoms with van der Waals surface area (Å²) < 4.78 is 0. The minimum atomic E-state index is 0.496. The molecule has 0 spiro atoms. The molecule has 1 aromatic carbocycles. The van der Waals surface area contributed by atoms with Gasteiger partial charge in [-0.05, 0) is 43.5 Å². The lowest BCUT2D eigenvalue weighted by Crippen LogP contribution is -2.29. The lowest BCUT2D eigenvalue weighted by atomic mass is 10.1. The van der Waals surface area contributed by atoms with E-state index in [0.29, 0.717) is 5.84 Å². The van der Waals surface area contributed by atoms with Gasteiger partial charge in [0.2, 0.25) is 0 Å². The summed E-state index contributed by atoms with van der Waals surface area (Å²) in [5.74, 6) is 0.496. The molecule has 0 unspecified atom stereocenters. The standard InChI is InChI=1S/C13H19N3O/c1-14-13(15-17)11-5-7-12(8-6-11)16-9-3-2-4-10-16/h5-8,17H,2-4,9-10H2,1H3,(H,14,15). The summed E-state index contributed by atoms with van der Waals surface area (Å²) in [6.45, 7) is 2.29. The van der Waals surface area contributed by atoms with Crippen LogP contribution in [-0.4, -0.2) is 31.2 Å². The maximum Gasteiger partial charge on any atom is 0.151 e. The van der Waals surface area contributed by atoms with Crippen molar-refractivity contribution in [1.82, 2.24) is 5.48 Å². The number of amidine groups is 1. The van der Waals surface area contributed by atoms with Gasteiger partial charge in [-0.1, -0.05) is 0 Å². The van der Waals surface area contributed by atoms with Crippen molar-refractivity contribution in [2.24, 2.45) is 4.99 Å². The first-order valence-corrected chi connectivity index (χ1v) is 6.07. The molecule has 4 heteroatoms. The van der Waals surface area contributed by atoms with Crippen molar-refractivity contribution in [2.75, 3.05) is 25.0 Å². The van der Waals surface area contributed by atoms with Gasteiger partial charge in [0.15, 0.2) is 5.84 Å². The Bertz CT molecular complexity index is 380. The van der Waals surface area contributed by atoms with E-state index in [9.17, 15) is 0 Å². The average Bonchev–Trinajstić information content (AvgIpc) is 2.42. The highest BCUT2D eigenvalue weighted by molar-refractivity contribution is 5.98. The number of nitrogens with zero attached hydrogens (tertiary/aromatic N) is 2. The molecule has 92 valence electrons. The van der Waals surface area contributed by atoms with Gasteiger partial charge in [0.1, 0.15) is 0 Å². The molecule has 0 radical (unpaired) electrons. The molecule has 1 aliphatic rings. The molecule has 17 heavy (non-hydrogen) atoms. The molecule has 1 saturated heterocycles. The topological polar surface area (TPSA) is 47.9 Å². The number of benzene rings is 1. The molecule has 1 aliphatic heterocycles. The fraction of sp³-hybridized carbons (Fsp3) is 0.462. The van der Waals surface area contributed by atoms with E-state index in [1.807, 2.05) is 12.1 Å². The lowest BCUT2D eigenvalue weighted by molar-refractivity contribution is 0.235. The highest BCUT2D eigenvalue weighted by Gasteiger charge is 2.11. The summed E-state index contributed by atoms with van der Waals surface area (Å²) in [4.78, 5) is 6.37. The molecule has 0 bridgehead atoms. The van der Waals surface area contributed by atoms with E-state index >= 15 is 0 Å². The molecular formula is C13H19N3O. The maximum atomic E-state index is 8.91. The SMILES string of the molecule is CN=C(NO)c1ccc(N2CCCCC2)cc1. The molecule has 0 amide bonds. The van der Waals surface area contributed by atoms with Crippen molar-refractivity contribution in [3.05, 3.63) is 29.8 Å². The van der Waals surface area contributed by atoms with Crippen LogP contribution in [0, 0.1) is 0 Å². The van der Waals surface area contributed by atoms with E-state index in [0.717, 1.165) is 18.7 Å². The van der Waals surface area contributed by atoms with Gasteiger partial charge >= 0.3 is 0 Å². The van der Waals surface area contributed by atoms with Crippen molar-refractivity contribution in [3.8, 4) is 0 Å². The minimum Gasteiger partial charge on any atom is -0.372 e. The fourth-order valence-corrected chi connectivity index (χ4v) is 2.23. The van der Waals surface area contributed by atoms with Crippen molar-refractivity contribution in [1.29, 1.82) is 0 Å². The molecule has 4 nitrogen and oxygen atoms in total. The van der Waals surface area contributed by atoms with Gasteiger partial charge in [-0.3, -0.25) is 15.7 Å². The molecule has 1 fully saturated rings. The number of anilines is 1. The minimum absolute atomic E-state index is 0.496. The molecule has 0 aliphatic carbocycles. The van der Waals surface area contributed by atoms with Crippen molar-refractivity contribution in [3.63, 3.8) is 0 Å². The summed E-state index contributed by atoms with van der Waals surface area (Å²) >= 11 is 0. The number of hydroxylamine groups is 1.